The number of rotatable bonds is 2. The summed E-state index contributed by atoms with van der Waals surface area (Å²) in [7, 11) is 0. The van der Waals surface area contributed by atoms with Crippen LogP contribution in [0.25, 0.3) is 0 Å². The largest absolute Gasteiger partial charge is 0.371 e. The molecule has 5 atom stereocenters. The summed E-state index contributed by atoms with van der Waals surface area (Å²) < 4.78 is 6.10. The van der Waals surface area contributed by atoms with Crippen LogP contribution < -0.4 is 0 Å². The molecule has 0 spiro atoms. The summed E-state index contributed by atoms with van der Waals surface area (Å²) in [5.41, 5.74) is 0.183. The molecule has 2 heterocycles. The van der Waals surface area contributed by atoms with Gasteiger partial charge in [-0.25, -0.2) is 0 Å². The van der Waals surface area contributed by atoms with Crippen LogP contribution >= 0.6 is 0 Å². The van der Waals surface area contributed by atoms with Gasteiger partial charge in [0, 0.05) is 6.42 Å². The molecule has 0 unspecified atom stereocenters. The van der Waals surface area contributed by atoms with Crippen LogP contribution in [0.2, 0.25) is 0 Å². The molecular formula is C12H18O2. The van der Waals surface area contributed by atoms with Gasteiger partial charge in [0.05, 0.1) is 11.7 Å². The zero-order chi connectivity index (χ0) is 9.92. The molecule has 2 heteroatoms. The zero-order valence-electron chi connectivity index (χ0n) is 8.95. The summed E-state index contributed by atoms with van der Waals surface area (Å²) in [4.78, 5) is 11.2. The number of carbonyl (C=O) groups excluding carboxylic acids is 1. The van der Waals surface area contributed by atoms with Crippen molar-refractivity contribution in [3.8, 4) is 0 Å². The maximum atomic E-state index is 11.2. The van der Waals surface area contributed by atoms with E-state index in [9.17, 15) is 4.79 Å². The molecule has 2 saturated carbocycles. The average Bonchev–Trinajstić information content (AvgIpc) is 2.44. The van der Waals surface area contributed by atoms with E-state index >= 15 is 0 Å². The predicted octanol–water partition coefficient (Wildman–Crippen LogP) is 2.17. The number of Topliss-reactive ketones (excluding diaryl/α,β-unsaturated/α-hetero) is 1. The van der Waals surface area contributed by atoms with E-state index in [0.29, 0.717) is 17.8 Å². The molecular weight excluding hydrogens is 176 g/mol. The van der Waals surface area contributed by atoms with Gasteiger partial charge in [0.1, 0.15) is 5.78 Å². The Morgan fingerprint density at radius 2 is 2.29 bits per heavy atom. The molecule has 2 aliphatic carbocycles. The fourth-order valence-corrected chi connectivity index (χ4v) is 4.07. The van der Waals surface area contributed by atoms with Crippen LogP contribution in [-0.4, -0.2) is 17.5 Å². The van der Waals surface area contributed by atoms with Gasteiger partial charge in [-0.15, -0.1) is 0 Å². The zero-order valence-corrected chi connectivity index (χ0v) is 8.95. The van der Waals surface area contributed by atoms with E-state index in [0.717, 1.165) is 18.3 Å². The standard InChI is InChI=1S/C12H18O2/c1-7(13)3-10-8-4-9-5-11(10)14-12(9,2)6-8/h8-11H,3-6H2,1-2H3/t8-,9-,10-,11+,12-/m0/s1. The average molecular weight is 194 g/mol. The third kappa shape index (κ3) is 1.04. The van der Waals surface area contributed by atoms with Crippen molar-refractivity contribution in [3.63, 3.8) is 0 Å². The van der Waals surface area contributed by atoms with Crippen molar-refractivity contribution in [2.45, 2.75) is 51.2 Å². The van der Waals surface area contributed by atoms with E-state index in [1.807, 2.05) is 0 Å². The van der Waals surface area contributed by atoms with Crippen molar-refractivity contribution in [1.82, 2.24) is 0 Å². The number of hydrogen-bond acceptors (Lipinski definition) is 2. The highest BCUT2D eigenvalue weighted by Crippen LogP contribution is 2.60. The maximum absolute atomic E-state index is 11.2. The summed E-state index contributed by atoms with van der Waals surface area (Å²) >= 11 is 0. The molecule has 2 nitrogen and oxygen atoms in total. The van der Waals surface area contributed by atoms with Crippen LogP contribution in [0.4, 0.5) is 0 Å². The van der Waals surface area contributed by atoms with E-state index in [-0.39, 0.29) is 5.60 Å². The first-order chi connectivity index (χ1) is 6.58. The van der Waals surface area contributed by atoms with Crippen molar-refractivity contribution >= 4 is 5.78 Å². The highest BCUT2D eigenvalue weighted by molar-refractivity contribution is 5.75. The Balaban J connectivity index is 1.82. The Hall–Kier alpha value is -0.370. The second-order valence-electron chi connectivity index (χ2n) is 5.67. The summed E-state index contributed by atoms with van der Waals surface area (Å²) in [6.45, 7) is 3.97. The minimum absolute atomic E-state index is 0.183. The Labute approximate surface area is 85.0 Å². The van der Waals surface area contributed by atoms with Crippen molar-refractivity contribution in [2.24, 2.45) is 17.8 Å². The van der Waals surface area contributed by atoms with E-state index in [1.54, 1.807) is 6.92 Å². The lowest BCUT2D eigenvalue weighted by atomic mass is 9.76. The van der Waals surface area contributed by atoms with Gasteiger partial charge in [-0.1, -0.05) is 0 Å². The van der Waals surface area contributed by atoms with Crippen LogP contribution in [0.15, 0.2) is 0 Å². The number of carbonyl (C=O) groups is 1. The highest BCUT2D eigenvalue weighted by atomic mass is 16.5. The Bertz CT molecular complexity index is 268. The molecule has 0 aromatic carbocycles. The minimum Gasteiger partial charge on any atom is -0.371 e. The molecule has 4 bridgehead atoms. The van der Waals surface area contributed by atoms with Crippen molar-refractivity contribution in [1.29, 1.82) is 0 Å². The first-order valence-electron chi connectivity index (χ1n) is 5.76. The van der Waals surface area contributed by atoms with Crippen LogP contribution in [0.1, 0.15) is 39.5 Å². The molecule has 4 aliphatic rings. The normalized spacial score (nSPS) is 54.1. The first kappa shape index (κ1) is 8.90. The molecule has 0 radical (unpaired) electrons. The topological polar surface area (TPSA) is 26.3 Å². The third-order valence-corrected chi connectivity index (χ3v) is 4.66. The van der Waals surface area contributed by atoms with Crippen LogP contribution in [0, 0.1) is 17.8 Å². The SMILES string of the molecule is CC(=O)C[C@H]1[C@H]2C[C@H]3C[C@H]1O[C@@]3(C)C2. The first-order valence-corrected chi connectivity index (χ1v) is 5.76. The number of ether oxygens (including phenoxy) is 1. The molecule has 78 valence electrons. The molecule has 2 aliphatic heterocycles. The van der Waals surface area contributed by atoms with Gasteiger partial charge in [0.25, 0.3) is 0 Å². The van der Waals surface area contributed by atoms with Crippen molar-refractivity contribution in [2.75, 3.05) is 0 Å². The molecule has 0 aromatic rings. The smallest absolute Gasteiger partial charge is 0.130 e. The van der Waals surface area contributed by atoms with Crippen LogP contribution in [-0.2, 0) is 9.53 Å². The summed E-state index contributed by atoms with van der Waals surface area (Å²) in [6.07, 6.45) is 4.88. The lowest BCUT2D eigenvalue weighted by Gasteiger charge is -2.37. The Morgan fingerprint density at radius 3 is 2.86 bits per heavy atom. The predicted molar refractivity (Wildman–Crippen MR) is 52.9 cm³/mol. The van der Waals surface area contributed by atoms with Gasteiger partial charge in [-0.3, -0.25) is 0 Å². The van der Waals surface area contributed by atoms with Crippen LogP contribution in [0.5, 0.6) is 0 Å². The second-order valence-corrected chi connectivity index (χ2v) is 5.67. The summed E-state index contributed by atoms with van der Waals surface area (Å²) in [6, 6.07) is 0. The second kappa shape index (κ2) is 2.60. The highest BCUT2D eigenvalue weighted by Gasteiger charge is 2.60. The molecule has 4 fully saturated rings. The lowest BCUT2D eigenvalue weighted by Crippen LogP contribution is -2.38. The van der Waals surface area contributed by atoms with Crippen LogP contribution in [0.3, 0.4) is 0 Å². The number of hydrogen-bond donors (Lipinski definition) is 0. The van der Waals surface area contributed by atoms with Gasteiger partial charge in [0.15, 0.2) is 0 Å². The summed E-state index contributed by atoms with van der Waals surface area (Å²) in [5.74, 6) is 2.44. The number of ketones is 1. The molecule has 0 aromatic heterocycles. The molecule has 14 heavy (non-hydrogen) atoms. The van der Waals surface area contributed by atoms with E-state index in [4.69, 9.17) is 4.74 Å². The minimum atomic E-state index is 0.183. The van der Waals surface area contributed by atoms with Crippen molar-refractivity contribution in [3.05, 3.63) is 0 Å². The lowest BCUT2D eigenvalue weighted by molar-refractivity contribution is -0.127. The molecule has 0 N–H and O–H groups in total. The summed E-state index contributed by atoms with van der Waals surface area (Å²) in [5, 5.41) is 0. The van der Waals surface area contributed by atoms with E-state index in [2.05, 4.69) is 6.92 Å². The molecule has 0 amide bonds. The fourth-order valence-electron chi connectivity index (χ4n) is 4.07. The maximum Gasteiger partial charge on any atom is 0.130 e. The van der Waals surface area contributed by atoms with Crippen molar-refractivity contribution < 1.29 is 9.53 Å². The van der Waals surface area contributed by atoms with Gasteiger partial charge in [0.2, 0.25) is 0 Å². The van der Waals surface area contributed by atoms with Gasteiger partial charge in [-0.05, 0) is 50.9 Å². The Kier molecular flexibility index (Phi) is 1.65. The molecule has 2 saturated heterocycles. The fraction of sp³-hybridized carbons (Fsp3) is 0.917. The molecule has 4 rings (SSSR count). The van der Waals surface area contributed by atoms with Gasteiger partial charge < -0.3 is 9.53 Å². The van der Waals surface area contributed by atoms with Gasteiger partial charge >= 0.3 is 0 Å². The van der Waals surface area contributed by atoms with E-state index in [1.165, 1.54) is 19.3 Å². The Morgan fingerprint density at radius 1 is 1.50 bits per heavy atom. The quantitative estimate of drug-likeness (QED) is 0.673. The van der Waals surface area contributed by atoms with Gasteiger partial charge in [-0.2, -0.15) is 0 Å². The third-order valence-electron chi connectivity index (χ3n) is 4.66. The monoisotopic (exact) mass is 194 g/mol. The van der Waals surface area contributed by atoms with E-state index < -0.39 is 0 Å².